The summed E-state index contributed by atoms with van der Waals surface area (Å²) in [6.45, 7) is 0. The normalized spacial score (nSPS) is 10.1. The molecule has 116 valence electrons. The van der Waals surface area contributed by atoms with Crippen LogP contribution in [-0.2, 0) is 0 Å². The van der Waals surface area contributed by atoms with Crippen molar-refractivity contribution in [3.63, 3.8) is 0 Å². The van der Waals surface area contributed by atoms with E-state index in [1.807, 2.05) is 24.3 Å². The highest BCUT2D eigenvalue weighted by Crippen LogP contribution is 2.27. The van der Waals surface area contributed by atoms with Crippen LogP contribution < -0.4 is 15.4 Å². The third-order valence-electron chi connectivity index (χ3n) is 2.90. The SMILES string of the molecule is COc1ccc(-c2nnc(NC(=O)Nc3cccnc3)s2)cc1. The van der Waals surface area contributed by atoms with Gasteiger partial charge in [0, 0.05) is 11.8 Å². The Hall–Kier alpha value is -3.00. The van der Waals surface area contributed by atoms with Crippen LogP contribution in [-0.4, -0.2) is 28.3 Å². The molecule has 0 bridgehead atoms. The van der Waals surface area contributed by atoms with E-state index in [1.165, 1.54) is 11.3 Å². The molecule has 0 atom stereocenters. The standard InChI is InChI=1S/C15H13N5O2S/c1-22-12-6-4-10(5-7-12)13-19-20-15(23-13)18-14(21)17-11-3-2-8-16-9-11/h2-9H,1H3,(H2,17,18,20,21). The number of methoxy groups -OCH3 is 1. The maximum Gasteiger partial charge on any atom is 0.325 e. The first-order valence-corrected chi connectivity index (χ1v) is 7.52. The Labute approximate surface area is 136 Å². The number of urea groups is 1. The number of nitrogens with one attached hydrogen (secondary N) is 2. The molecule has 2 aromatic heterocycles. The number of benzene rings is 1. The van der Waals surface area contributed by atoms with E-state index in [0.717, 1.165) is 11.3 Å². The van der Waals surface area contributed by atoms with Gasteiger partial charge in [-0.25, -0.2) is 4.79 Å². The summed E-state index contributed by atoms with van der Waals surface area (Å²) in [6, 6.07) is 10.6. The number of nitrogens with zero attached hydrogens (tertiary/aromatic N) is 3. The van der Waals surface area contributed by atoms with Gasteiger partial charge in [-0.05, 0) is 36.4 Å². The number of aromatic nitrogens is 3. The third kappa shape index (κ3) is 3.80. The molecule has 0 unspecified atom stereocenters. The van der Waals surface area contributed by atoms with Crippen LogP contribution in [0.4, 0.5) is 15.6 Å². The lowest BCUT2D eigenvalue weighted by Gasteiger charge is -2.03. The van der Waals surface area contributed by atoms with Gasteiger partial charge in [0.25, 0.3) is 0 Å². The van der Waals surface area contributed by atoms with Crippen molar-refractivity contribution in [3.05, 3.63) is 48.8 Å². The van der Waals surface area contributed by atoms with Crippen molar-refractivity contribution in [1.82, 2.24) is 15.2 Å². The molecule has 0 saturated carbocycles. The molecule has 2 amide bonds. The van der Waals surface area contributed by atoms with Gasteiger partial charge in [-0.3, -0.25) is 10.3 Å². The maximum absolute atomic E-state index is 11.9. The molecule has 0 fully saturated rings. The average Bonchev–Trinajstić information content (AvgIpc) is 3.04. The van der Waals surface area contributed by atoms with Gasteiger partial charge in [-0.15, -0.1) is 10.2 Å². The first-order chi connectivity index (χ1) is 11.2. The minimum Gasteiger partial charge on any atom is -0.497 e. The largest absolute Gasteiger partial charge is 0.497 e. The number of pyridine rings is 1. The average molecular weight is 327 g/mol. The molecule has 0 radical (unpaired) electrons. The molecule has 1 aromatic carbocycles. The third-order valence-corrected chi connectivity index (χ3v) is 3.79. The summed E-state index contributed by atoms with van der Waals surface area (Å²) < 4.78 is 5.12. The minimum atomic E-state index is -0.393. The second-order valence-corrected chi connectivity index (χ2v) is 5.44. The highest BCUT2D eigenvalue weighted by molar-refractivity contribution is 7.18. The molecule has 3 aromatic rings. The lowest BCUT2D eigenvalue weighted by molar-refractivity contribution is 0.262. The Balaban J connectivity index is 1.65. The van der Waals surface area contributed by atoms with Crippen molar-refractivity contribution in [2.75, 3.05) is 17.7 Å². The van der Waals surface area contributed by atoms with Gasteiger partial charge < -0.3 is 10.1 Å². The predicted molar refractivity (Wildman–Crippen MR) is 88.8 cm³/mol. The van der Waals surface area contributed by atoms with Gasteiger partial charge in [0.05, 0.1) is 19.0 Å². The molecule has 0 aliphatic carbocycles. The van der Waals surface area contributed by atoms with E-state index < -0.39 is 6.03 Å². The van der Waals surface area contributed by atoms with Crippen LogP contribution in [0.25, 0.3) is 10.6 Å². The summed E-state index contributed by atoms with van der Waals surface area (Å²) in [5, 5.41) is 14.5. The van der Waals surface area contributed by atoms with Crippen molar-refractivity contribution in [3.8, 4) is 16.3 Å². The quantitative estimate of drug-likeness (QED) is 0.768. The summed E-state index contributed by atoms with van der Waals surface area (Å²) in [6.07, 6.45) is 3.19. The molecule has 0 aliphatic heterocycles. The van der Waals surface area contributed by atoms with E-state index in [9.17, 15) is 4.79 Å². The van der Waals surface area contributed by atoms with Gasteiger partial charge in [0.1, 0.15) is 10.8 Å². The number of hydrogen-bond donors (Lipinski definition) is 2. The summed E-state index contributed by atoms with van der Waals surface area (Å²) >= 11 is 1.29. The van der Waals surface area contributed by atoms with Gasteiger partial charge in [0.15, 0.2) is 0 Å². The molecule has 23 heavy (non-hydrogen) atoms. The fraction of sp³-hybridized carbons (Fsp3) is 0.0667. The highest BCUT2D eigenvalue weighted by atomic mass is 32.1. The van der Waals surface area contributed by atoms with Gasteiger partial charge in [-0.1, -0.05) is 11.3 Å². The minimum absolute atomic E-state index is 0.393. The summed E-state index contributed by atoms with van der Waals surface area (Å²) in [7, 11) is 1.61. The highest BCUT2D eigenvalue weighted by Gasteiger charge is 2.10. The number of amides is 2. The zero-order chi connectivity index (χ0) is 16.1. The Morgan fingerprint density at radius 3 is 2.65 bits per heavy atom. The molecular weight excluding hydrogens is 314 g/mol. The molecule has 0 spiro atoms. The van der Waals surface area contributed by atoms with Crippen LogP contribution in [0.2, 0.25) is 0 Å². The fourth-order valence-corrected chi connectivity index (χ4v) is 2.56. The lowest BCUT2D eigenvalue weighted by Crippen LogP contribution is -2.19. The van der Waals surface area contributed by atoms with Crippen LogP contribution in [0.5, 0.6) is 5.75 Å². The van der Waals surface area contributed by atoms with E-state index in [-0.39, 0.29) is 0 Å². The molecule has 3 rings (SSSR count). The second-order valence-electron chi connectivity index (χ2n) is 4.46. The van der Waals surface area contributed by atoms with Crippen molar-refractivity contribution >= 4 is 28.2 Å². The number of carbonyl (C=O) groups excluding carboxylic acids is 1. The second kappa shape index (κ2) is 6.84. The lowest BCUT2D eigenvalue weighted by atomic mass is 10.2. The zero-order valence-corrected chi connectivity index (χ0v) is 13.0. The van der Waals surface area contributed by atoms with E-state index in [4.69, 9.17) is 4.74 Å². The predicted octanol–water partition coefficient (Wildman–Crippen LogP) is 3.25. The Morgan fingerprint density at radius 2 is 1.96 bits per heavy atom. The maximum atomic E-state index is 11.9. The van der Waals surface area contributed by atoms with Crippen molar-refractivity contribution in [2.24, 2.45) is 0 Å². The Kier molecular flexibility index (Phi) is 4.44. The van der Waals surface area contributed by atoms with Crippen LogP contribution in [0.1, 0.15) is 0 Å². The fourth-order valence-electron chi connectivity index (χ4n) is 1.82. The topological polar surface area (TPSA) is 89.0 Å². The van der Waals surface area contributed by atoms with Crippen molar-refractivity contribution in [2.45, 2.75) is 0 Å². The Morgan fingerprint density at radius 1 is 1.13 bits per heavy atom. The van der Waals surface area contributed by atoms with Crippen LogP contribution in [0.3, 0.4) is 0 Å². The van der Waals surface area contributed by atoms with E-state index in [0.29, 0.717) is 15.8 Å². The molecule has 8 heteroatoms. The molecule has 2 heterocycles. The summed E-state index contributed by atoms with van der Waals surface area (Å²) in [5.41, 5.74) is 1.51. The summed E-state index contributed by atoms with van der Waals surface area (Å²) in [4.78, 5) is 15.8. The zero-order valence-electron chi connectivity index (χ0n) is 12.2. The van der Waals surface area contributed by atoms with Gasteiger partial charge in [-0.2, -0.15) is 0 Å². The first-order valence-electron chi connectivity index (χ1n) is 6.70. The molecule has 7 nitrogen and oxygen atoms in total. The van der Waals surface area contributed by atoms with E-state index in [1.54, 1.807) is 31.6 Å². The van der Waals surface area contributed by atoms with Crippen molar-refractivity contribution in [1.29, 1.82) is 0 Å². The van der Waals surface area contributed by atoms with Crippen molar-refractivity contribution < 1.29 is 9.53 Å². The van der Waals surface area contributed by atoms with Gasteiger partial charge >= 0.3 is 6.03 Å². The molecular formula is C15H13N5O2S. The number of rotatable bonds is 4. The monoisotopic (exact) mass is 327 g/mol. The van der Waals surface area contributed by atoms with Gasteiger partial charge in [0.2, 0.25) is 5.13 Å². The summed E-state index contributed by atoms with van der Waals surface area (Å²) in [5.74, 6) is 0.771. The van der Waals surface area contributed by atoms with Crippen LogP contribution in [0.15, 0.2) is 48.8 Å². The number of carbonyl (C=O) groups is 1. The number of anilines is 2. The first kappa shape index (κ1) is 14.9. The van der Waals surface area contributed by atoms with E-state index in [2.05, 4.69) is 25.8 Å². The molecule has 0 aliphatic rings. The molecule has 0 saturated heterocycles. The smallest absolute Gasteiger partial charge is 0.325 e. The number of hydrogen-bond acceptors (Lipinski definition) is 6. The number of ether oxygens (including phenoxy) is 1. The van der Waals surface area contributed by atoms with Crippen LogP contribution >= 0.6 is 11.3 Å². The Bertz CT molecular complexity index is 789. The molecule has 2 N–H and O–H groups in total. The van der Waals surface area contributed by atoms with E-state index >= 15 is 0 Å². The van der Waals surface area contributed by atoms with Crippen LogP contribution in [0, 0.1) is 0 Å².